The van der Waals surface area contributed by atoms with Gasteiger partial charge in [-0.15, -0.1) is 0 Å². The van der Waals surface area contributed by atoms with Gasteiger partial charge in [-0.3, -0.25) is 14.1 Å². The first-order valence-electron chi connectivity index (χ1n) is 19.0. The number of phosphoric ester groups is 1. The van der Waals surface area contributed by atoms with Gasteiger partial charge in [-0.2, -0.15) is 4.57 Å². The summed E-state index contributed by atoms with van der Waals surface area (Å²) in [5, 5.41) is 26.6. The first kappa shape index (κ1) is 42.3. The van der Waals surface area contributed by atoms with Crippen LogP contribution in [0.15, 0.2) is 73.1 Å². The predicted octanol–water partition coefficient (Wildman–Crippen LogP) is 6.97. The molecule has 1 fully saturated rings. The quantitative estimate of drug-likeness (QED) is 0.0339. The van der Waals surface area contributed by atoms with Crippen LogP contribution >= 0.6 is 7.82 Å². The van der Waals surface area contributed by atoms with Crippen LogP contribution in [0.25, 0.3) is 0 Å². The number of pyridine rings is 1. The minimum Gasteiger partial charge on any atom is -0.387 e. The molecule has 2 aromatic carbocycles. The lowest BCUT2D eigenvalue weighted by Gasteiger charge is -2.13. The van der Waals surface area contributed by atoms with Crippen LogP contribution in [0.2, 0.25) is 0 Å². The molecular weight excluding hydrogens is 697 g/mol. The van der Waals surface area contributed by atoms with Crippen LogP contribution < -0.4 is 15.2 Å². The van der Waals surface area contributed by atoms with E-state index in [0.29, 0.717) is 18.5 Å². The Hall–Kier alpha value is -3.48. The number of hydrogen-bond acceptors (Lipinski definition) is 7. The Bertz CT molecular complexity index is 1600. The molecule has 0 aliphatic carbocycles. The first-order valence-corrected chi connectivity index (χ1v) is 20.6. The van der Waals surface area contributed by atoms with Crippen molar-refractivity contribution in [1.29, 1.82) is 0 Å². The van der Waals surface area contributed by atoms with Crippen LogP contribution in [0.1, 0.15) is 125 Å². The van der Waals surface area contributed by atoms with Crippen molar-refractivity contribution in [1.82, 2.24) is 0 Å². The maximum Gasteiger partial charge on any atom is 0.469 e. The highest BCUT2D eigenvalue weighted by Gasteiger charge is 2.49. The van der Waals surface area contributed by atoms with Gasteiger partial charge < -0.3 is 35.4 Å². The molecule has 6 N–H and O–H groups in total. The van der Waals surface area contributed by atoms with E-state index in [1.807, 2.05) is 36.4 Å². The maximum atomic E-state index is 13.0. The predicted molar refractivity (Wildman–Crippen MR) is 203 cm³/mol. The van der Waals surface area contributed by atoms with Crippen LogP contribution in [0.4, 0.5) is 11.4 Å². The minimum absolute atomic E-state index is 0.0480. The number of nitrogens with zero attached hydrogens (tertiary/aromatic N) is 1. The Kier molecular flexibility index (Phi) is 17.6. The number of anilines is 2. The molecule has 4 atom stereocenters. The SMILES string of the molecule is CCCCCCCCCCCCCCCC(=O)Nc1ccc(Cc2ccc(NC(=O)c3ccc[n+]([C@@H]4O[C@H](COP(=O)(O)O)[C@@H](O)[C@H]4O)c3)cc2)cc1. The van der Waals surface area contributed by atoms with Gasteiger partial charge in [0.2, 0.25) is 5.91 Å². The number of amides is 2. The summed E-state index contributed by atoms with van der Waals surface area (Å²) in [5.74, 6) is -0.361. The standard InChI is InChI=1S/C40H56N3O9P/c1-2-3-4-5-6-7-8-9-10-11-12-13-14-17-36(44)41-33-22-18-30(19-23-33)27-31-20-24-34(25-21-31)42-39(47)32-16-15-26-43(28-32)40-38(46)37(45)35(52-40)29-51-53(48,49)50/h15-16,18-26,28,35,37-38,40,45-46H,2-14,17,27,29H2,1H3,(H3-,41,42,44,47,48,49,50)/p+1/t35-,37-,38-,40-/m1/s1. The molecule has 2 amide bonds. The zero-order valence-electron chi connectivity index (χ0n) is 30.8. The third-order valence-electron chi connectivity index (χ3n) is 9.49. The topological polar surface area (TPSA) is 179 Å². The molecule has 4 rings (SSSR count). The Morgan fingerprint density at radius 3 is 1.83 bits per heavy atom. The summed E-state index contributed by atoms with van der Waals surface area (Å²) in [6.07, 6.45) is 15.6. The van der Waals surface area contributed by atoms with Crippen molar-refractivity contribution in [3.63, 3.8) is 0 Å². The van der Waals surface area contributed by atoms with E-state index in [1.54, 1.807) is 30.5 Å². The van der Waals surface area contributed by atoms with E-state index < -0.39 is 44.9 Å². The number of aromatic nitrogens is 1. The van der Waals surface area contributed by atoms with Crippen molar-refractivity contribution < 1.29 is 48.0 Å². The molecule has 0 radical (unpaired) electrons. The monoisotopic (exact) mass is 754 g/mol. The van der Waals surface area contributed by atoms with Crippen molar-refractivity contribution in [2.75, 3.05) is 17.2 Å². The second-order valence-corrected chi connectivity index (χ2v) is 15.2. The van der Waals surface area contributed by atoms with Gasteiger partial charge in [-0.25, -0.2) is 4.57 Å². The number of carbonyl (C=O) groups excluding carboxylic acids is 2. The second-order valence-electron chi connectivity index (χ2n) is 13.9. The van der Waals surface area contributed by atoms with Crippen molar-refractivity contribution in [2.45, 2.75) is 128 Å². The van der Waals surface area contributed by atoms with E-state index in [4.69, 9.17) is 14.5 Å². The van der Waals surface area contributed by atoms with Crippen LogP contribution in [-0.4, -0.2) is 56.7 Å². The summed E-state index contributed by atoms with van der Waals surface area (Å²) in [7, 11) is -4.79. The highest BCUT2D eigenvalue weighted by atomic mass is 31.2. The largest absolute Gasteiger partial charge is 0.469 e. The highest BCUT2D eigenvalue weighted by Crippen LogP contribution is 2.37. The third-order valence-corrected chi connectivity index (χ3v) is 9.97. The van der Waals surface area contributed by atoms with Crippen LogP contribution in [0.5, 0.6) is 0 Å². The van der Waals surface area contributed by atoms with Gasteiger partial charge in [0.25, 0.3) is 12.1 Å². The normalized spacial score (nSPS) is 18.6. The van der Waals surface area contributed by atoms with E-state index >= 15 is 0 Å². The van der Waals surface area contributed by atoms with E-state index in [2.05, 4.69) is 22.1 Å². The van der Waals surface area contributed by atoms with E-state index in [1.165, 1.54) is 81.4 Å². The van der Waals surface area contributed by atoms with E-state index in [-0.39, 0.29) is 11.5 Å². The van der Waals surface area contributed by atoms with Crippen molar-refractivity contribution in [2.24, 2.45) is 0 Å². The van der Waals surface area contributed by atoms with Crippen LogP contribution in [0.3, 0.4) is 0 Å². The number of ether oxygens (including phenoxy) is 1. The minimum atomic E-state index is -4.79. The van der Waals surface area contributed by atoms with Gasteiger partial charge in [-0.05, 0) is 54.3 Å². The molecule has 12 nitrogen and oxygen atoms in total. The first-order chi connectivity index (χ1) is 25.5. The average Bonchev–Trinajstić information content (AvgIpc) is 3.43. The zero-order chi connectivity index (χ0) is 38.1. The zero-order valence-corrected chi connectivity index (χ0v) is 31.7. The highest BCUT2D eigenvalue weighted by molar-refractivity contribution is 7.46. The molecule has 290 valence electrons. The van der Waals surface area contributed by atoms with Crippen molar-refractivity contribution in [3.05, 3.63) is 89.7 Å². The lowest BCUT2D eigenvalue weighted by Crippen LogP contribution is -2.46. The number of rotatable bonds is 23. The van der Waals surface area contributed by atoms with Gasteiger partial charge >= 0.3 is 7.82 Å². The summed E-state index contributed by atoms with van der Waals surface area (Å²) in [5.41, 5.74) is 3.75. The summed E-state index contributed by atoms with van der Waals surface area (Å²) in [4.78, 5) is 43.4. The average molecular weight is 755 g/mol. The third kappa shape index (κ3) is 15.1. The number of hydrogen-bond donors (Lipinski definition) is 6. The molecule has 1 aliphatic heterocycles. The van der Waals surface area contributed by atoms with Gasteiger partial charge in [0, 0.05) is 23.9 Å². The van der Waals surface area contributed by atoms with E-state index in [9.17, 15) is 24.4 Å². The molecule has 1 aromatic heterocycles. The summed E-state index contributed by atoms with van der Waals surface area (Å²) in [6, 6.07) is 18.5. The number of aliphatic hydroxyl groups is 2. The lowest BCUT2D eigenvalue weighted by molar-refractivity contribution is -0.765. The molecule has 13 heteroatoms. The lowest BCUT2D eigenvalue weighted by atomic mass is 10.0. The van der Waals surface area contributed by atoms with Crippen LogP contribution in [0, 0.1) is 0 Å². The number of benzene rings is 2. The van der Waals surface area contributed by atoms with Gasteiger partial charge in [0.05, 0.1) is 6.61 Å². The van der Waals surface area contributed by atoms with Crippen molar-refractivity contribution >= 4 is 31.0 Å². The second kappa shape index (κ2) is 22.0. The van der Waals surface area contributed by atoms with Crippen molar-refractivity contribution in [3.8, 4) is 0 Å². The fraction of sp³-hybridized carbons (Fsp3) is 0.525. The molecule has 1 saturated heterocycles. The van der Waals surface area contributed by atoms with Crippen LogP contribution in [-0.2, 0) is 25.0 Å². The summed E-state index contributed by atoms with van der Waals surface area (Å²) >= 11 is 0. The Morgan fingerprint density at radius 1 is 0.755 bits per heavy atom. The number of aliphatic hydroxyl groups excluding tert-OH is 2. The fourth-order valence-electron chi connectivity index (χ4n) is 6.45. The van der Waals surface area contributed by atoms with E-state index in [0.717, 1.165) is 29.7 Å². The molecule has 0 saturated carbocycles. The molecule has 2 heterocycles. The molecular formula is C40H57N3O9P+. The fourth-order valence-corrected chi connectivity index (χ4v) is 6.79. The van der Waals surface area contributed by atoms with Gasteiger partial charge in [-0.1, -0.05) is 108 Å². The van der Waals surface area contributed by atoms with Gasteiger partial charge in [0.1, 0.15) is 17.8 Å². The number of nitrogens with one attached hydrogen (secondary N) is 2. The molecule has 3 aromatic rings. The summed E-state index contributed by atoms with van der Waals surface area (Å²) in [6.45, 7) is 1.63. The Balaban J connectivity index is 1.14. The number of carbonyl (C=O) groups is 2. The number of phosphoric acid groups is 1. The molecule has 0 unspecified atom stereocenters. The molecule has 1 aliphatic rings. The molecule has 0 spiro atoms. The smallest absolute Gasteiger partial charge is 0.387 e. The maximum absolute atomic E-state index is 13.0. The molecule has 53 heavy (non-hydrogen) atoms. The van der Waals surface area contributed by atoms with Gasteiger partial charge in [0.15, 0.2) is 18.5 Å². The Labute approximate surface area is 313 Å². The summed E-state index contributed by atoms with van der Waals surface area (Å²) < 4.78 is 22.5. The molecule has 0 bridgehead atoms. The number of unbranched alkanes of at least 4 members (excludes halogenated alkanes) is 12. The Morgan fingerprint density at radius 2 is 1.28 bits per heavy atom.